The van der Waals surface area contributed by atoms with Gasteiger partial charge in [0.1, 0.15) is 0 Å². The van der Waals surface area contributed by atoms with Crippen molar-refractivity contribution in [3.05, 3.63) is 35.5 Å². The minimum Gasteiger partial charge on any atom is -0.346 e. The van der Waals surface area contributed by atoms with Crippen LogP contribution in [0.3, 0.4) is 0 Å². The van der Waals surface area contributed by atoms with Gasteiger partial charge in [-0.3, -0.25) is 0 Å². The standard InChI is InChI=1S/C13H15F3N2/c1-8(17-2)12-7-9-10(13(14,15)16)5-4-6-11(9)18(12)3/h4-8,17H,1-3H3. The van der Waals surface area contributed by atoms with Gasteiger partial charge in [0.25, 0.3) is 0 Å². The van der Waals surface area contributed by atoms with E-state index in [2.05, 4.69) is 5.32 Å². The third-order valence-electron chi connectivity index (χ3n) is 3.31. The van der Waals surface area contributed by atoms with Crippen molar-refractivity contribution in [1.29, 1.82) is 0 Å². The Morgan fingerprint density at radius 2 is 1.94 bits per heavy atom. The normalized spacial score (nSPS) is 14.1. The number of nitrogens with zero attached hydrogens (tertiary/aromatic N) is 1. The Kier molecular flexibility index (Phi) is 3.11. The van der Waals surface area contributed by atoms with Gasteiger partial charge in [-0.15, -0.1) is 0 Å². The molecule has 1 N–H and O–H groups in total. The molecule has 1 unspecified atom stereocenters. The van der Waals surface area contributed by atoms with E-state index in [-0.39, 0.29) is 11.4 Å². The number of nitrogens with one attached hydrogen (secondary N) is 1. The van der Waals surface area contributed by atoms with Crippen LogP contribution in [-0.2, 0) is 13.2 Å². The SMILES string of the molecule is CNC(C)c1cc2c(C(F)(F)F)cccc2n1C. The number of aromatic nitrogens is 1. The summed E-state index contributed by atoms with van der Waals surface area (Å²) in [6.45, 7) is 1.92. The average molecular weight is 256 g/mol. The second-order valence-corrected chi connectivity index (χ2v) is 4.37. The Bertz CT molecular complexity index is 569. The highest BCUT2D eigenvalue weighted by atomic mass is 19.4. The smallest absolute Gasteiger partial charge is 0.346 e. The van der Waals surface area contributed by atoms with Crippen LogP contribution in [0.25, 0.3) is 10.9 Å². The third kappa shape index (κ3) is 1.99. The van der Waals surface area contributed by atoms with Crippen LogP contribution in [0.5, 0.6) is 0 Å². The molecule has 2 aromatic rings. The van der Waals surface area contributed by atoms with Gasteiger partial charge in [-0.25, -0.2) is 0 Å². The number of halogens is 3. The monoisotopic (exact) mass is 256 g/mol. The summed E-state index contributed by atoms with van der Waals surface area (Å²) in [5, 5.41) is 3.29. The van der Waals surface area contributed by atoms with Gasteiger partial charge in [-0.1, -0.05) is 6.07 Å². The molecular formula is C13H15F3N2. The van der Waals surface area contributed by atoms with E-state index in [0.717, 1.165) is 11.8 Å². The summed E-state index contributed by atoms with van der Waals surface area (Å²) in [4.78, 5) is 0. The van der Waals surface area contributed by atoms with Gasteiger partial charge in [0.05, 0.1) is 5.56 Å². The van der Waals surface area contributed by atoms with E-state index in [9.17, 15) is 13.2 Å². The van der Waals surface area contributed by atoms with Crippen molar-refractivity contribution in [3.63, 3.8) is 0 Å². The van der Waals surface area contributed by atoms with Gasteiger partial charge >= 0.3 is 6.18 Å². The fourth-order valence-electron chi connectivity index (χ4n) is 2.19. The first kappa shape index (κ1) is 13.0. The molecule has 2 rings (SSSR count). The first-order chi connectivity index (χ1) is 8.36. The molecule has 5 heteroatoms. The van der Waals surface area contributed by atoms with Gasteiger partial charge < -0.3 is 9.88 Å². The third-order valence-corrected chi connectivity index (χ3v) is 3.31. The van der Waals surface area contributed by atoms with Gasteiger partial charge in [0.15, 0.2) is 0 Å². The van der Waals surface area contributed by atoms with Crippen LogP contribution in [0, 0.1) is 0 Å². The molecule has 0 saturated carbocycles. The molecule has 1 atom stereocenters. The number of fused-ring (bicyclic) bond motifs is 1. The molecule has 1 aromatic heterocycles. The average Bonchev–Trinajstić information content (AvgIpc) is 2.65. The van der Waals surface area contributed by atoms with Gasteiger partial charge in [0.2, 0.25) is 0 Å². The summed E-state index contributed by atoms with van der Waals surface area (Å²) < 4.78 is 40.5. The van der Waals surface area contributed by atoms with Crippen LogP contribution in [0.1, 0.15) is 24.2 Å². The zero-order valence-corrected chi connectivity index (χ0v) is 10.5. The summed E-state index contributed by atoms with van der Waals surface area (Å²) in [6, 6.07) is 5.88. The molecule has 0 aliphatic heterocycles. The Balaban J connectivity index is 2.72. The molecule has 98 valence electrons. The second-order valence-electron chi connectivity index (χ2n) is 4.37. The molecular weight excluding hydrogens is 241 g/mol. The molecule has 0 bridgehead atoms. The highest BCUT2D eigenvalue weighted by Crippen LogP contribution is 2.36. The molecule has 2 nitrogen and oxygen atoms in total. The molecule has 1 aromatic carbocycles. The van der Waals surface area contributed by atoms with Crippen LogP contribution in [0.2, 0.25) is 0 Å². The predicted molar refractivity (Wildman–Crippen MR) is 65.4 cm³/mol. The summed E-state index contributed by atoms with van der Waals surface area (Å²) in [5.41, 5.74) is 0.858. The van der Waals surface area contributed by atoms with Gasteiger partial charge in [-0.05, 0) is 32.2 Å². The van der Waals surface area contributed by atoms with E-state index in [0.29, 0.717) is 5.52 Å². The Hall–Kier alpha value is -1.49. The quantitative estimate of drug-likeness (QED) is 0.870. The highest BCUT2D eigenvalue weighted by molar-refractivity contribution is 5.85. The Morgan fingerprint density at radius 1 is 1.28 bits per heavy atom. The number of hydrogen-bond acceptors (Lipinski definition) is 1. The van der Waals surface area contributed by atoms with Gasteiger partial charge in [0, 0.05) is 29.7 Å². The number of benzene rings is 1. The van der Waals surface area contributed by atoms with E-state index >= 15 is 0 Å². The number of rotatable bonds is 2. The van der Waals surface area contributed by atoms with Crippen LogP contribution in [0.15, 0.2) is 24.3 Å². The lowest BCUT2D eigenvalue weighted by atomic mass is 10.1. The lowest BCUT2D eigenvalue weighted by Crippen LogP contribution is -2.15. The first-order valence-corrected chi connectivity index (χ1v) is 5.69. The fraction of sp³-hybridized carbons (Fsp3) is 0.385. The van der Waals surface area contributed by atoms with Crippen molar-refractivity contribution in [2.75, 3.05) is 7.05 Å². The number of hydrogen-bond donors (Lipinski definition) is 1. The van der Waals surface area contributed by atoms with Crippen LogP contribution < -0.4 is 5.32 Å². The molecule has 0 spiro atoms. The zero-order chi connectivity index (χ0) is 13.5. The summed E-state index contributed by atoms with van der Waals surface area (Å²) in [6.07, 6.45) is -4.32. The van der Waals surface area contributed by atoms with Crippen molar-refractivity contribution in [2.24, 2.45) is 7.05 Å². The Morgan fingerprint density at radius 3 is 2.50 bits per heavy atom. The van der Waals surface area contributed by atoms with Crippen molar-refractivity contribution in [1.82, 2.24) is 9.88 Å². The van der Waals surface area contributed by atoms with Crippen LogP contribution in [0.4, 0.5) is 13.2 Å². The van der Waals surface area contributed by atoms with E-state index in [1.165, 1.54) is 6.07 Å². The van der Waals surface area contributed by atoms with Crippen molar-refractivity contribution >= 4 is 10.9 Å². The Labute approximate surface area is 103 Å². The number of aryl methyl sites for hydroxylation is 1. The largest absolute Gasteiger partial charge is 0.417 e. The maximum absolute atomic E-state index is 12.9. The molecule has 0 saturated heterocycles. The fourth-order valence-corrected chi connectivity index (χ4v) is 2.19. The minimum atomic E-state index is -4.32. The molecule has 18 heavy (non-hydrogen) atoms. The van der Waals surface area contributed by atoms with Gasteiger partial charge in [-0.2, -0.15) is 13.2 Å². The highest BCUT2D eigenvalue weighted by Gasteiger charge is 2.33. The van der Waals surface area contributed by atoms with Crippen LogP contribution in [-0.4, -0.2) is 11.6 Å². The van der Waals surface area contributed by atoms with E-state index in [4.69, 9.17) is 0 Å². The predicted octanol–water partition coefficient (Wildman–Crippen LogP) is 3.48. The molecule has 0 radical (unpaired) electrons. The molecule has 0 fully saturated rings. The lowest BCUT2D eigenvalue weighted by molar-refractivity contribution is -0.136. The second kappa shape index (κ2) is 4.31. The minimum absolute atomic E-state index is 0.00323. The topological polar surface area (TPSA) is 17.0 Å². The maximum Gasteiger partial charge on any atom is 0.417 e. The summed E-state index contributed by atoms with van der Waals surface area (Å²) >= 11 is 0. The zero-order valence-electron chi connectivity index (χ0n) is 10.5. The maximum atomic E-state index is 12.9. The van der Waals surface area contributed by atoms with E-state index in [1.54, 1.807) is 30.8 Å². The van der Waals surface area contributed by atoms with Crippen molar-refractivity contribution in [2.45, 2.75) is 19.1 Å². The molecule has 1 heterocycles. The molecule has 0 amide bonds. The first-order valence-electron chi connectivity index (χ1n) is 5.69. The molecule has 0 aliphatic rings. The molecule has 0 aliphatic carbocycles. The lowest BCUT2D eigenvalue weighted by Gasteiger charge is -2.11. The van der Waals surface area contributed by atoms with Crippen molar-refractivity contribution in [3.8, 4) is 0 Å². The number of alkyl halides is 3. The van der Waals surface area contributed by atoms with E-state index in [1.807, 2.05) is 6.92 Å². The van der Waals surface area contributed by atoms with E-state index < -0.39 is 11.7 Å². The summed E-state index contributed by atoms with van der Waals surface area (Å²) in [7, 11) is 3.57. The van der Waals surface area contributed by atoms with Crippen molar-refractivity contribution < 1.29 is 13.2 Å². The van der Waals surface area contributed by atoms with Crippen LogP contribution >= 0.6 is 0 Å². The summed E-state index contributed by atoms with van der Waals surface area (Å²) in [5.74, 6) is 0.